The Labute approximate surface area is 141 Å². The van der Waals surface area contributed by atoms with Crippen LogP contribution in [0.5, 0.6) is 0 Å². The molecule has 4 heteroatoms. The van der Waals surface area contributed by atoms with Gasteiger partial charge in [0.25, 0.3) is 0 Å². The number of rotatable bonds is 6. The van der Waals surface area contributed by atoms with Crippen molar-refractivity contribution in [3.05, 3.63) is 0 Å². The van der Waals surface area contributed by atoms with E-state index in [1.165, 1.54) is 38.5 Å². The Hall–Kier alpha value is 0.412. The molecule has 0 unspecified atom stereocenters. The van der Waals surface area contributed by atoms with Gasteiger partial charge in [-0.05, 0) is 59.3 Å². The molecule has 0 spiro atoms. The quantitative estimate of drug-likeness (QED) is 0.642. The lowest BCUT2D eigenvalue weighted by Crippen LogP contribution is -2.47. The standard InChI is InChI=1S/3C6H11O.Al/c3*1-6(7)4-2-3-5-6;/h3*2-5H2,1H3;/q3*-1;+3. The average molecular weight is 324 g/mol. The number of hydrogen-bond donors (Lipinski definition) is 0. The molecule has 22 heavy (non-hydrogen) atoms. The topological polar surface area (TPSA) is 27.7 Å². The maximum absolute atomic E-state index is 6.55. The minimum atomic E-state index is -2.09. The van der Waals surface area contributed by atoms with Crippen LogP contribution >= 0.6 is 0 Å². The Balaban J connectivity index is 1.66. The van der Waals surface area contributed by atoms with E-state index in [-0.39, 0.29) is 16.8 Å². The number of hydrogen-bond acceptors (Lipinski definition) is 3. The molecule has 3 fully saturated rings. The SMILES string of the molecule is CC1([O][Al]([O]C2(C)CCCC2)[O]C2(C)CCCC2)CCCC1. The summed E-state index contributed by atoms with van der Waals surface area (Å²) in [6.45, 7) is 6.79. The lowest BCUT2D eigenvalue weighted by molar-refractivity contribution is -0.0732. The Kier molecular flexibility index (Phi) is 5.27. The van der Waals surface area contributed by atoms with Crippen molar-refractivity contribution >= 4 is 15.1 Å². The summed E-state index contributed by atoms with van der Waals surface area (Å²) >= 11 is -2.09. The van der Waals surface area contributed by atoms with Gasteiger partial charge in [0.15, 0.2) is 0 Å². The van der Waals surface area contributed by atoms with Crippen molar-refractivity contribution in [1.82, 2.24) is 0 Å². The van der Waals surface area contributed by atoms with Crippen molar-refractivity contribution in [2.75, 3.05) is 0 Å². The molecule has 0 amide bonds. The van der Waals surface area contributed by atoms with Gasteiger partial charge in [0.05, 0.1) is 0 Å². The molecule has 0 radical (unpaired) electrons. The predicted molar refractivity (Wildman–Crippen MR) is 89.6 cm³/mol. The van der Waals surface area contributed by atoms with Crippen LogP contribution in [0.1, 0.15) is 97.8 Å². The van der Waals surface area contributed by atoms with Gasteiger partial charge in [-0.1, -0.05) is 38.5 Å². The summed E-state index contributed by atoms with van der Waals surface area (Å²) in [5.74, 6) is 0. The largest absolute Gasteiger partial charge is 0.906 e. The van der Waals surface area contributed by atoms with E-state index in [2.05, 4.69) is 20.8 Å². The fraction of sp³-hybridized carbons (Fsp3) is 1.00. The van der Waals surface area contributed by atoms with Crippen LogP contribution in [0.15, 0.2) is 0 Å². The average Bonchev–Trinajstić information content (AvgIpc) is 3.13. The molecule has 3 aliphatic rings. The van der Waals surface area contributed by atoms with E-state index in [0.717, 1.165) is 38.5 Å². The molecular formula is C18H33AlO3. The summed E-state index contributed by atoms with van der Waals surface area (Å²) < 4.78 is 19.6. The molecule has 3 nitrogen and oxygen atoms in total. The normalized spacial score (nSPS) is 29.0. The highest BCUT2D eigenvalue weighted by molar-refractivity contribution is 6.37. The van der Waals surface area contributed by atoms with E-state index in [1.54, 1.807) is 0 Å². The third-order valence-electron chi connectivity index (χ3n) is 6.13. The third kappa shape index (κ3) is 4.28. The molecule has 0 saturated heterocycles. The molecule has 0 atom stereocenters. The second kappa shape index (κ2) is 6.73. The van der Waals surface area contributed by atoms with Crippen LogP contribution in [-0.4, -0.2) is 32.0 Å². The van der Waals surface area contributed by atoms with Crippen molar-refractivity contribution in [1.29, 1.82) is 0 Å². The Bertz CT molecular complexity index is 309. The first-order valence-electron chi connectivity index (χ1n) is 9.44. The maximum Gasteiger partial charge on any atom is 0.906 e. The Morgan fingerprint density at radius 2 is 0.727 bits per heavy atom. The molecule has 0 heterocycles. The van der Waals surface area contributed by atoms with Gasteiger partial charge in [-0.25, -0.2) is 0 Å². The lowest BCUT2D eigenvalue weighted by Gasteiger charge is -2.37. The van der Waals surface area contributed by atoms with Crippen molar-refractivity contribution < 1.29 is 11.4 Å². The summed E-state index contributed by atoms with van der Waals surface area (Å²) in [5, 5.41) is 0. The van der Waals surface area contributed by atoms with Crippen LogP contribution in [0, 0.1) is 0 Å². The lowest BCUT2D eigenvalue weighted by atomic mass is 10.1. The predicted octanol–water partition coefficient (Wildman–Crippen LogP) is 5.02. The molecule has 3 saturated carbocycles. The van der Waals surface area contributed by atoms with Crippen LogP contribution in [0.3, 0.4) is 0 Å². The van der Waals surface area contributed by atoms with Gasteiger partial charge in [0.2, 0.25) is 0 Å². The monoisotopic (exact) mass is 324 g/mol. The van der Waals surface area contributed by atoms with Gasteiger partial charge < -0.3 is 11.4 Å². The van der Waals surface area contributed by atoms with Crippen LogP contribution in [-0.2, 0) is 11.4 Å². The van der Waals surface area contributed by atoms with Crippen LogP contribution in [0.4, 0.5) is 0 Å². The Morgan fingerprint density at radius 1 is 0.500 bits per heavy atom. The van der Waals surface area contributed by atoms with Crippen LogP contribution in [0.2, 0.25) is 0 Å². The van der Waals surface area contributed by atoms with E-state index in [0.29, 0.717) is 0 Å². The molecule has 0 aromatic rings. The molecule has 0 aromatic carbocycles. The van der Waals surface area contributed by atoms with Crippen LogP contribution in [0.25, 0.3) is 0 Å². The highest BCUT2D eigenvalue weighted by Gasteiger charge is 2.50. The second-order valence-electron chi connectivity index (χ2n) is 8.61. The summed E-state index contributed by atoms with van der Waals surface area (Å²) in [7, 11) is 0. The third-order valence-corrected chi connectivity index (χ3v) is 8.41. The molecule has 0 aliphatic heterocycles. The second-order valence-corrected chi connectivity index (χ2v) is 9.90. The van der Waals surface area contributed by atoms with Crippen LogP contribution < -0.4 is 0 Å². The zero-order valence-corrected chi connectivity index (χ0v) is 15.9. The van der Waals surface area contributed by atoms with E-state index >= 15 is 0 Å². The van der Waals surface area contributed by atoms with E-state index in [9.17, 15) is 0 Å². The van der Waals surface area contributed by atoms with Crippen molar-refractivity contribution in [3.8, 4) is 0 Å². The molecule has 0 N–H and O–H groups in total. The van der Waals surface area contributed by atoms with Gasteiger partial charge in [-0.3, -0.25) is 0 Å². The van der Waals surface area contributed by atoms with Gasteiger partial charge >= 0.3 is 15.1 Å². The first-order chi connectivity index (χ1) is 10.4. The highest BCUT2D eigenvalue weighted by atomic mass is 27.3. The van der Waals surface area contributed by atoms with Gasteiger partial charge in [0.1, 0.15) is 0 Å². The zero-order chi connectivity index (χ0) is 15.7. The summed E-state index contributed by atoms with van der Waals surface area (Å²) in [4.78, 5) is 0. The highest BCUT2D eigenvalue weighted by Crippen LogP contribution is 2.40. The summed E-state index contributed by atoms with van der Waals surface area (Å²) in [6.07, 6.45) is 14.7. The van der Waals surface area contributed by atoms with Gasteiger partial charge in [-0.15, -0.1) is 0 Å². The minimum Gasteiger partial charge on any atom is -0.449 e. The minimum absolute atomic E-state index is 0.000811. The zero-order valence-electron chi connectivity index (χ0n) is 14.8. The van der Waals surface area contributed by atoms with Crippen molar-refractivity contribution in [2.24, 2.45) is 0 Å². The maximum atomic E-state index is 6.55. The fourth-order valence-electron chi connectivity index (χ4n) is 4.49. The summed E-state index contributed by atoms with van der Waals surface area (Å²) in [5.41, 5.74) is 0.00243. The molecule has 0 aromatic heterocycles. The Morgan fingerprint density at radius 3 is 0.955 bits per heavy atom. The van der Waals surface area contributed by atoms with Crippen molar-refractivity contribution in [3.63, 3.8) is 0 Å². The molecular weight excluding hydrogens is 291 g/mol. The molecule has 3 rings (SSSR count). The fourth-order valence-corrected chi connectivity index (χ4v) is 6.74. The van der Waals surface area contributed by atoms with E-state index in [4.69, 9.17) is 11.4 Å². The first kappa shape index (κ1) is 17.2. The molecule has 0 bridgehead atoms. The summed E-state index contributed by atoms with van der Waals surface area (Å²) in [6, 6.07) is 0. The molecule has 3 aliphatic carbocycles. The van der Waals surface area contributed by atoms with Crippen molar-refractivity contribution in [2.45, 2.75) is 115 Å². The smallest absolute Gasteiger partial charge is 0.449 e. The first-order valence-corrected chi connectivity index (χ1v) is 10.9. The van der Waals surface area contributed by atoms with Gasteiger partial charge in [-0.2, -0.15) is 0 Å². The van der Waals surface area contributed by atoms with E-state index in [1.807, 2.05) is 0 Å². The van der Waals surface area contributed by atoms with E-state index < -0.39 is 15.1 Å². The molecule has 126 valence electrons. The van der Waals surface area contributed by atoms with Gasteiger partial charge in [0, 0.05) is 16.8 Å².